The number of amides is 1. The van der Waals surface area contributed by atoms with E-state index in [1.807, 2.05) is 18.1 Å². The van der Waals surface area contributed by atoms with Gasteiger partial charge in [0.2, 0.25) is 5.91 Å². The lowest BCUT2D eigenvalue weighted by Gasteiger charge is -2.37. The van der Waals surface area contributed by atoms with E-state index in [4.69, 9.17) is 9.92 Å². The van der Waals surface area contributed by atoms with Gasteiger partial charge >= 0.3 is 7.48 Å². The Hall–Kier alpha value is -2.95. The maximum absolute atomic E-state index is 12.2. The number of likely N-dealkylation sites (tertiary alicyclic amines) is 1. The van der Waals surface area contributed by atoms with Crippen LogP contribution in [0.2, 0.25) is 0 Å². The fraction of sp³-hybridized carbons (Fsp3) is 0.389. The molecule has 2 aliphatic heterocycles. The van der Waals surface area contributed by atoms with Gasteiger partial charge in [0.25, 0.3) is 0 Å². The molecule has 0 aliphatic carbocycles. The zero-order valence-corrected chi connectivity index (χ0v) is 14.6. The third-order valence-electron chi connectivity index (χ3n) is 5.39. The first-order valence-electron chi connectivity index (χ1n) is 8.77. The second-order valence-electron chi connectivity index (χ2n) is 6.92. The number of aromatic nitrogens is 2. The highest BCUT2D eigenvalue weighted by Gasteiger charge is 2.33. The number of carbonyl (C=O) groups excluding carboxylic acids is 1. The third-order valence-corrected chi connectivity index (χ3v) is 5.39. The Balaban J connectivity index is 1.79. The van der Waals surface area contributed by atoms with E-state index >= 15 is 0 Å². The summed E-state index contributed by atoms with van der Waals surface area (Å²) in [6.45, 7) is 3.36. The zero-order chi connectivity index (χ0) is 18.3. The Morgan fingerprint density at radius 1 is 1.58 bits per heavy atom. The number of rotatable bonds is 2. The summed E-state index contributed by atoms with van der Waals surface area (Å²) in [5, 5.41) is 20.0. The SMILES string of the molecule is C[C@@H]1CCN(C(=O)CC#N)C[C@@H]1c1cn(O)c2ncc3c(c12)C=CBO3. The van der Waals surface area contributed by atoms with Crippen molar-refractivity contribution in [1.29, 1.82) is 5.26 Å². The second kappa shape index (κ2) is 6.41. The van der Waals surface area contributed by atoms with Crippen LogP contribution in [0.3, 0.4) is 0 Å². The molecule has 7 nitrogen and oxygen atoms in total. The Bertz CT molecular complexity index is 946. The van der Waals surface area contributed by atoms with E-state index in [9.17, 15) is 10.0 Å². The summed E-state index contributed by atoms with van der Waals surface area (Å²) in [6, 6.07) is 1.93. The number of nitriles is 1. The van der Waals surface area contributed by atoms with Gasteiger partial charge < -0.3 is 14.8 Å². The van der Waals surface area contributed by atoms with Crippen molar-refractivity contribution in [1.82, 2.24) is 14.6 Å². The van der Waals surface area contributed by atoms with Crippen LogP contribution in [-0.4, -0.2) is 46.3 Å². The number of hydrogen-bond donors (Lipinski definition) is 1. The van der Waals surface area contributed by atoms with Crippen LogP contribution in [0.1, 0.15) is 36.8 Å². The lowest BCUT2D eigenvalue weighted by molar-refractivity contribution is -0.131. The highest BCUT2D eigenvalue weighted by Crippen LogP contribution is 2.40. The average Bonchev–Trinajstić information content (AvgIpc) is 2.99. The molecule has 1 saturated heterocycles. The van der Waals surface area contributed by atoms with Crippen LogP contribution < -0.4 is 4.65 Å². The Morgan fingerprint density at radius 2 is 2.42 bits per heavy atom. The lowest BCUT2D eigenvalue weighted by Crippen LogP contribution is -2.42. The van der Waals surface area contributed by atoms with Gasteiger partial charge in [-0.2, -0.15) is 9.99 Å². The van der Waals surface area contributed by atoms with E-state index in [2.05, 4.69) is 11.9 Å². The predicted molar refractivity (Wildman–Crippen MR) is 97.1 cm³/mol. The monoisotopic (exact) mass is 350 g/mol. The van der Waals surface area contributed by atoms with Crippen LogP contribution >= 0.6 is 0 Å². The van der Waals surface area contributed by atoms with E-state index in [0.717, 1.165) is 27.7 Å². The van der Waals surface area contributed by atoms with E-state index in [1.54, 1.807) is 17.3 Å². The molecule has 1 amide bonds. The van der Waals surface area contributed by atoms with Crippen molar-refractivity contribution in [3.63, 3.8) is 0 Å². The number of carbonyl (C=O) groups is 1. The van der Waals surface area contributed by atoms with E-state index in [-0.39, 0.29) is 18.2 Å². The first-order valence-corrected chi connectivity index (χ1v) is 8.77. The molecule has 0 saturated carbocycles. The van der Waals surface area contributed by atoms with Gasteiger partial charge in [-0.3, -0.25) is 4.79 Å². The van der Waals surface area contributed by atoms with Crippen molar-refractivity contribution in [3.05, 3.63) is 29.5 Å². The summed E-state index contributed by atoms with van der Waals surface area (Å²) in [5.74, 6) is 2.91. The molecule has 2 aromatic heterocycles. The minimum absolute atomic E-state index is 0.0610. The van der Waals surface area contributed by atoms with Gasteiger partial charge in [0.15, 0.2) is 5.65 Å². The van der Waals surface area contributed by atoms with Gasteiger partial charge in [-0.05, 0) is 17.9 Å². The van der Waals surface area contributed by atoms with Crippen molar-refractivity contribution in [2.24, 2.45) is 5.92 Å². The van der Waals surface area contributed by atoms with Gasteiger partial charge in [-0.15, -0.1) is 0 Å². The molecule has 4 heterocycles. The number of fused-ring (bicyclic) bond motifs is 3. The van der Waals surface area contributed by atoms with Gasteiger partial charge in [0.1, 0.15) is 12.2 Å². The third kappa shape index (κ3) is 2.60. The standard InChI is InChI=1S/C18H19BN4O3/c1-11-4-7-22(16(24)3-6-20)9-13(11)14-10-23(25)18-17(14)12-2-5-19-26-15(12)8-21-18/h2,5,8,10-11,13,19,25H,3-4,7,9H2,1H3/t11-,13+/m1/s1. The first kappa shape index (κ1) is 16.5. The molecule has 1 fully saturated rings. The molecule has 4 rings (SSSR count). The van der Waals surface area contributed by atoms with Crippen LogP contribution in [0.5, 0.6) is 5.75 Å². The molecule has 0 unspecified atom stereocenters. The Kier molecular flexibility index (Phi) is 4.07. The number of nitrogens with zero attached hydrogens (tertiary/aromatic N) is 4. The van der Waals surface area contributed by atoms with Crippen LogP contribution in [-0.2, 0) is 4.79 Å². The molecule has 2 atom stereocenters. The molecular weight excluding hydrogens is 331 g/mol. The smallest absolute Gasteiger partial charge is 0.366 e. The maximum atomic E-state index is 12.2. The molecule has 8 heteroatoms. The molecule has 0 bridgehead atoms. The number of pyridine rings is 1. The highest BCUT2D eigenvalue weighted by molar-refractivity contribution is 6.38. The van der Waals surface area contributed by atoms with Crippen LogP contribution in [0.15, 0.2) is 18.4 Å². The van der Waals surface area contributed by atoms with Crippen LogP contribution in [0.4, 0.5) is 0 Å². The quantitative estimate of drug-likeness (QED) is 0.659. The maximum Gasteiger partial charge on any atom is 0.366 e. The molecule has 0 radical (unpaired) electrons. The zero-order valence-electron chi connectivity index (χ0n) is 14.6. The highest BCUT2D eigenvalue weighted by atomic mass is 16.5. The molecule has 132 valence electrons. The summed E-state index contributed by atoms with van der Waals surface area (Å²) in [5.41, 5.74) is 2.36. The second-order valence-corrected chi connectivity index (χ2v) is 6.92. The largest absolute Gasteiger partial charge is 0.558 e. The fourth-order valence-electron chi connectivity index (χ4n) is 3.96. The minimum atomic E-state index is -0.138. The van der Waals surface area contributed by atoms with Crippen molar-refractivity contribution in [2.75, 3.05) is 13.1 Å². The molecule has 1 N–H and O–H groups in total. The molecule has 2 aliphatic rings. The molecule has 0 aromatic carbocycles. The van der Waals surface area contributed by atoms with Crippen molar-refractivity contribution < 1.29 is 14.7 Å². The summed E-state index contributed by atoms with van der Waals surface area (Å²) in [4.78, 5) is 18.3. The summed E-state index contributed by atoms with van der Waals surface area (Å²) >= 11 is 0. The van der Waals surface area contributed by atoms with E-state index < -0.39 is 0 Å². The van der Waals surface area contributed by atoms with Gasteiger partial charge in [0, 0.05) is 30.0 Å². The predicted octanol–water partition coefficient (Wildman–Crippen LogP) is 1.85. The summed E-state index contributed by atoms with van der Waals surface area (Å²) in [6.07, 6.45) is 6.08. The average molecular weight is 350 g/mol. The molecular formula is C18H19BN4O3. The first-order chi connectivity index (χ1) is 12.6. The van der Waals surface area contributed by atoms with Gasteiger partial charge in [-0.25, -0.2) is 4.98 Å². The minimum Gasteiger partial charge on any atom is -0.558 e. The summed E-state index contributed by atoms with van der Waals surface area (Å²) in [7, 11) is 0.506. The topological polar surface area (TPSA) is 91.4 Å². The van der Waals surface area contributed by atoms with Crippen molar-refractivity contribution in [3.8, 4) is 11.8 Å². The summed E-state index contributed by atoms with van der Waals surface area (Å²) < 4.78 is 6.71. The van der Waals surface area contributed by atoms with Crippen LogP contribution in [0, 0.1) is 17.2 Å². The van der Waals surface area contributed by atoms with E-state index in [0.29, 0.717) is 37.9 Å². The molecule has 0 spiro atoms. The van der Waals surface area contributed by atoms with Gasteiger partial charge in [-0.1, -0.05) is 19.0 Å². The lowest BCUT2D eigenvalue weighted by atomic mass is 9.81. The Morgan fingerprint density at radius 3 is 3.23 bits per heavy atom. The normalized spacial score (nSPS) is 21.6. The molecule has 2 aromatic rings. The Labute approximate surface area is 151 Å². The van der Waals surface area contributed by atoms with Crippen molar-refractivity contribution in [2.45, 2.75) is 25.7 Å². The van der Waals surface area contributed by atoms with Crippen LogP contribution in [0.25, 0.3) is 17.1 Å². The number of hydrogen-bond acceptors (Lipinski definition) is 5. The van der Waals surface area contributed by atoms with E-state index in [1.165, 1.54) is 0 Å². The fourth-order valence-corrected chi connectivity index (χ4v) is 3.96. The van der Waals surface area contributed by atoms with Crippen molar-refractivity contribution >= 4 is 30.5 Å². The number of piperidine rings is 1. The molecule has 26 heavy (non-hydrogen) atoms. The van der Waals surface area contributed by atoms with Gasteiger partial charge in [0.05, 0.1) is 18.5 Å².